The molecule has 8 heteroatoms. The van der Waals surface area contributed by atoms with Crippen molar-refractivity contribution < 1.29 is 14.3 Å². The Bertz CT molecular complexity index is 1380. The van der Waals surface area contributed by atoms with Crippen molar-refractivity contribution in [2.75, 3.05) is 24.3 Å². The minimum absolute atomic E-state index is 0.220. The first kappa shape index (κ1) is 23.7. The predicted molar refractivity (Wildman–Crippen MR) is 137 cm³/mol. The lowest BCUT2D eigenvalue weighted by molar-refractivity contribution is 0.0591. The molecule has 178 valence electrons. The van der Waals surface area contributed by atoms with Gasteiger partial charge < -0.3 is 19.9 Å². The van der Waals surface area contributed by atoms with E-state index in [1.807, 2.05) is 56.3 Å². The Balaban J connectivity index is 1.87. The van der Waals surface area contributed by atoms with E-state index < -0.39 is 5.97 Å². The van der Waals surface area contributed by atoms with Gasteiger partial charge in [0.25, 0.3) is 5.91 Å². The highest BCUT2D eigenvalue weighted by atomic mass is 16.5. The fourth-order valence-electron chi connectivity index (χ4n) is 3.70. The highest BCUT2D eigenvalue weighted by Gasteiger charge is 2.26. The summed E-state index contributed by atoms with van der Waals surface area (Å²) in [6.45, 7) is 5.04. The van der Waals surface area contributed by atoms with Gasteiger partial charge in [0.1, 0.15) is 5.65 Å². The molecule has 0 fully saturated rings. The summed E-state index contributed by atoms with van der Waals surface area (Å²) < 4.78 is 6.90. The Hall–Kier alpha value is -4.46. The minimum atomic E-state index is -0.570. The molecule has 2 N–H and O–H groups in total. The van der Waals surface area contributed by atoms with Crippen LogP contribution in [0.4, 0.5) is 11.4 Å². The number of hydrogen-bond donors (Lipinski definition) is 2. The second-order valence-corrected chi connectivity index (χ2v) is 8.07. The SMILES string of the molecule is C/C=C(\C)CNc1cnc2c(c1)c(NC(=O)c1cccnc1)c(C(=O)OC)n2Cc1ccccc1. The summed E-state index contributed by atoms with van der Waals surface area (Å²) in [6, 6.07) is 15.0. The molecule has 0 spiro atoms. The number of amides is 1. The molecule has 3 aromatic heterocycles. The summed E-state index contributed by atoms with van der Waals surface area (Å²) in [5.74, 6) is -0.954. The van der Waals surface area contributed by atoms with Crippen molar-refractivity contribution >= 4 is 34.3 Å². The van der Waals surface area contributed by atoms with Crippen LogP contribution in [0.15, 0.2) is 78.8 Å². The second-order valence-electron chi connectivity index (χ2n) is 8.07. The fraction of sp³-hybridized carbons (Fsp3) is 0.185. The van der Waals surface area contributed by atoms with Crippen LogP contribution < -0.4 is 10.6 Å². The lowest BCUT2D eigenvalue weighted by Gasteiger charge is -2.11. The molecule has 0 unspecified atom stereocenters. The van der Waals surface area contributed by atoms with Gasteiger partial charge in [-0.1, -0.05) is 42.0 Å². The van der Waals surface area contributed by atoms with Gasteiger partial charge in [0, 0.05) is 30.9 Å². The van der Waals surface area contributed by atoms with Gasteiger partial charge in [-0.25, -0.2) is 9.78 Å². The van der Waals surface area contributed by atoms with Crippen LogP contribution in [0.5, 0.6) is 0 Å². The van der Waals surface area contributed by atoms with Gasteiger partial charge in [-0.15, -0.1) is 0 Å². The van der Waals surface area contributed by atoms with Gasteiger partial charge in [0.2, 0.25) is 0 Å². The molecule has 8 nitrogen and oxygen atoms in total. The van der Waals surface area contributed by atoms with Gasteiger partial charge in [0.15, 0.2) is 5.69 Å². The number of carbonyl (C=O) groups is 2. The monoisotopic (exact) mass is 469 g/mol. The first-order chi connectivity index (χ1) is 17.0. The first-order valence-electron chi connectivity index (χ1n) is 11.2. The quantitative estimate of drug-likeness (QED) is 0.281. The van der Waals surface area contributed by atoms with Crippen LogP contribution in [0.2, 0.25) is 0 Å². The lowest BCUT2D eigenvalue weighted by atomic mass is 10.2. The third-order valence-electron chi connectivity index (χ3n) is 5.69. The van der Waals surface area contributed by atoms with E-state index in [0.29, 0.717) is 35.4 Å². The first-order valence-corrected chi connectivity index (χ1v) is 11.2. The molecule has 0 saturated heterocycles. The molecular formula is C27H27N5O3. The number of rotatable bonds is 8. The number of carbonyl (C=O) groups excluding carboxylic acids is 2. The molecule has 0 radical (unpaired) electrons. The Morgan fingerprint density at radius 3 is 2.60 bits per heavy atom. The topological polar surface area (TPSA) is 98.1 Å². The number of nitrogens with one attached hydrogen (secondary N) is 2. The number of aromatic nitrogens is 3. The number of esters is 1. The molecule has 35 heavy (non-hydrogen) atoms. The van der Waals surface area contributed by atoms with E-state index in [9.17, 15) is 9.59 Å². The van der Waals surface area contributed by atoms with Gasteiger partial charge in [-0.05, 0) is 37.6 Å². The number of pyridine rings is 2. The van der Waals surface area contributed by atoms with E-state index in [-0.39, 0.29) is 11.6 Å². The van der Waals surface area contributed by atoms with Crippen molar-refractivity contribution in [2.24, 2.45) is 0 Å². The minimum Gasteiger partial charge on any atom is -0.464 e. The van der Waals surface area contributed by atoms with Gasteiger partial charge in [-0.2, -0.15) is 0 Å². The number of methoxy groups -OCH3 is 1. The van der Waals surface area contributed by atoms with Crippen molar-refractivity contribution in [3.63, 3.8) is 0 Å². The number of allylic oxidation sites excluding steroid dienone is 1. The maximum absolute atomic E-state index is 13.1. The number of ether oxygens (including phenoxy) is 1. The zero-order chi connectivity index (χ0) is 24.8. The second kappa shape index (κ2) is 10.6. The number of hydrogen-bond acceptors (Lipinski definition) is 6. The summed E-state index contributed by atoms with van der Waals surface area (Å²) in [5.41, 5.74) is 4.42. The highest BCUT2D eigenvalue weighted by molar-refractivity contribution is 6.14. The Morgan fingerprint density at radius 1 is 1.11 bits per heavy atom. The van der Waals surface area contributed by atoms with Crippen molar-refractivity contribution in [1.82, 2.24) is 14.5 Å². The molecule has 0 aliphatic carbocycles. The van der Waals surface area contributed by atoms with E-state index in [1.54, 1.807) is 29.1 Å². The summed E-state index contributed by atoms with van der Waals surface area (Å²) in [4.78, 5) is 34.8. The van der Waals surface area contributed by atoms with Crippen LogP contribution in [0.3, 0.4) is 0 Å². The van der Waals surface area contributed by atoms with E-state index in [0.717, 1.165) is 11.3 Å². The van der Waals surface area contributed by atoms with Crippen LogP contribution in [0.1, 0.15) is 40.3 Å². The van der Waals surface area contributed by atoms with Crippen molar-refractivity contribution in [2.45, 2.75) is 20.4 Å². The third-order valence-corrected chi connectivity index (χ3v) is 5.69. The molecule has 0 atom stereocenters. The van der Waals surface area contributed by atoms with Crippen molar-refractivity contribution in [3.05, 3.63) is 95.6 Å². The molecular weight excluding hydrogens is 442 g/mol. The molecule has 4 rings (SSSR count). The largest absolute Gasteiger partial charge is 0.464 e. The number of anilines is 2. The van der Waals surface area contributed by atoms with Gasteiger partial charge in [-0.3, -0.25) is 9.78 Å². The third kappa shape index (κ3) is 5.22. The highest BCUT2D eigenvalue weighted by Crippen LogP contribution is 2.33. The molecule has 0 aliphatic heterocycles. The van der Waals surface area contributed by atoms with Crippen LogP contribution in [-0.4, -0.2) is 40.1 Å². The zero-order valence-electron chi connectivity index (χ0n) is 19.9. The molecule has 0 bridgehead atoms. The zero-order valence-corrected chi connectivity index (χ0v) is 19.9. The van der Waals surface area contributed by atoms with Crippen molar-refractivity contribution in [3.8, 4) is 0 Å². The maximum Gasteiger partial charge on any atom is 0.356 e. The average Bonchev–Trinajstić information content (AvgIpc) is 3.19. The van der Waals surface area contributed by atoms with Crippen LogP contribution >= 0.6 is 0 Å². The molecule has 1 aromatic carbocycles. The lowest BCUT2D eigenvalue weighted by Crippen LogP contribution is -2.17. The smallest absolute Gasteiger partial charge is 0.356 e. The van der Waals surface area contributed by atoms with Crippen LogP contribution in [0, 0.1) is 0 Å². The molecule has 4 aromatic rings. The number of fused-ring (bicyclic) bond motifs is 1. The summed E-state index contributed by atoms with van der Waals surface area (Å²) in [7, 11) is 1.32. The Kier molecular flexibility index (Phi) is 7.21. The number of nitrogens with zero attached hydrogens (tertiary/aromatic N) is 3. The fourth-order valence-corrected chi connectivity index (χ4v) is 3.70. The van der Waals surface area contributed by atoms with E-state index >= 15 is 0 Å². The van der Waals surface area contributed by atoms with E-state index in [2.05, 4.69) is 20.6 Å². The van der Waals surface area contributed by atoms with Crippen LogP contribution in [0.25, 0.3) is 11.0 Å². The molecule has 1 amide bonds. The van der Waals surface area contributed by atoms with E-state index in [1.165, 1.54) is 18.9 Å². The van der Waals surface area contributed by atoms with Crippen LogP contribution in [-0.2, 0) is 11.3 Å². The average molecular weight is 470 g/mol. The van der Waals surface area contributed by atoms with Crippen molar-refractivity contribution in [1.29, 1.82) is 0 Å². The summed E-state index contributed by atoms with van der Waals surface area (Å²) >= 11 is 0. The molecule has 0 saturated carbocycles. The molecule has 3 heterocycles. The number of benzene rings is 1. The summed E-state index contributed by atoms with van der Waals surface area (Å²) in [5, 5.41) is 6.88. The maximum atomic E-state index is 13.1. The van der Waals surface area contributed by atoms with Gasteiger partial charge in [0.05, 0.1) is 30.2 Å². The van der Waals surface area contributed by atoms with Gasteiger partial charge >= 0.3 is 5.97 Å². The normalized spacial score (nSPS) is 11.3. The standard InChI is InChI=1S/C27H27N5O3/c1-4-18(2)14-29-21-13-22-23(31-26(33)20-11-8-12-28-15-20)24(27(34)35-3)32(25(22)30-16-21)17-19-9-6-5-7-10-19/h4-13,15-16,29H,14,17H2,1-3H3,(H,31,33)/b18-4+. The Morgan fingerprint density at radius 2 is 1.91 bits per heavy atom. The Labute approximate surface area is 203 Å². The predicted octanol–water partition coefficient (Wildman–Crippen LogP) is 4.90. The molecule has 0 aliphatic rings. The summed E-state index contributed by atoms with van der Waals surface area (Å²) in [6.07, 6.45) is 6.82. The van der Waals surface area contributed by atoms with E-state index in [4.69, 9.17) is 4.74 Å².